The molecule has 3 heterocycles. The molecule has 0 spiro atoms. The van der Waals surface area contributed by atoms with Crippen molar-refractivity contribution in [2.45, 2.75) is 18.5 Å². The van der Waals surface area contributed by atoms with Gasteiger partial charge in [-0.1, -0.05) is 12.1 Å². The van der Waals surface area contributed by atoms with Crippen molar-refractivity contribution >= 4 is 17.5 Å². The summed E-state index contributed by atoms with van der Waals surface area (Å²) in [6, 6.07) is 12.5. The number of fused-ring (bicyclic) bond motifs is 3. The number of halogens is 1. The van der Waals surface area contributed by atoms with Crippen LogP contribution in [0.3, 0.4) is 0 Å². The van der Waals surface area contributed by atoms with E-state index in [9.17, 15) is 14.0 Å². The van der Waals surface area contributed by atoms with Crippen LogP contribution < -0.4 is 9.64 Å². The van der Waals surface area contributed by atoms with E-state index < -0.39 is 17.8 Å². The van der Waals surface area contributed by atoms with Crippen molar-refractivity contribution < 1.29 is 18.7 Å². The van der Waals surface area contributed by atoms with Gasteiger partial charge in [0.05, 0.1) is 24.8 Å². The number of methoxy groups -OCH3 is 1. The van der Waals surface area contributed by atoms with Crippen molar-refractivity contribution in [2.24, 2.45) is 5.92 Å². The van der Waals surface area contributed by atoms with Crippen molar-refractivity contribution in [2.75, 3.05) is 25.1 Å². The average Bonchev–Trinajstić information content (AvgIpc) is 3.35. The van der Waals surface area contributed by atoms with Crippen LogP contribution in [0.15, 0.2) is 48.5 Å². The van der Waals surface area contributed by atoms with Crippen LogP contribution >= 0.6 is 0 Å². The molecule has 3 fully saturated rings. The fourth-order valence-electron chi connectivity index (χ4n) is 4.76. The number of carbonyl (C=O) groups is 2. The Balaban J connectivity index is 1.55. The number of benzene rings is 2. The van der Waals surface area contributed by atoms with Gasteiger partial charge in [0.15, 0.2) is 0 Å². The highest BCUT2D eigenvalue weighted by atomic mass is 19.1. The Morgan fingerprint density at radius 2 is 1.54 bits per heavy atom. The van der Waals surface area contributed by atoms with Crippen LogP contribution in [0, 0.1) is 11.7 Å². The van der Waals surface area contributed by atoms with Gasteiger partial charge < -0.3 is 4.74 Å². The van der Waals surface area contributed by atoms with E-state index >= 15 is 0 Å². The molecule has 2 aromatic carbocycles. The van der Waals surface area contributed by atoms with Crippen LogP contribution in [0.2, 0.25) is 0 Å². The molecule has 2 aromatic rings. The van der Waals surface area contributed by atoms with Crippen LogP contribution in [-0.4, -0.2) is 48.1 Å². The number of imide groups is 1. The van der Waals surface area contributed by atoms with Gasteiger partial charge in [0.1, 0.15) is 17.6 Å². The molecule has 0 aromatic heterocycles. The van der Waals surface area contributed by atoms with Gasteiger partial charge in [-0.2, -0.15) is 0 Å². The maximum Gasteiger partial charge on any atom is 0.253 e. The number of hydrogen-bond acceptors (Lipinski definition) is 5. The molecule has 3 atom stereocenters. The largest absolute Gasteiger partial charge is 0.497 e. The summed E-state index contributed by atoms with van der Waals surface area (Å²) in [6.07, 6.45) is 0.952. The molecular formula is C21H20FN3O3. The first-order valence-corrected chi connectivity index (χ1v) is 9.40. The lowest BCUT2D eigenvalue weighted by atomic mass is 9.90. The van der Waals surface area contributed by atoms with E-state index in [2.05, 4.69) is 5.01 Å². The fraction of sp³-hybridized carbons (Fsp3) is 0.333. The predicted molar refractivity (Wildman–Crippen MR) is 99.9 cm³/mol. The Labute approximate surface area is 162 Å². The molecule has 3 saturated heterocycles. The number of hydrazine groups is 1. The van der Waals surface area contributed by atoms with Crippen LogP contribution in [0.25, 0.3) is 0 Å². The Morgan fingerprint density at radius 3 is 2.18 bits per heavy atom. The minimum Gasteiger partial charge on any atom is -0.497 e. The molecule has 3 aliphatic rings. The van der Waals surface area contributed by atoms with Crippen molar-refractivity contribution in [3.05, 3.63) is 59.9 Å². The number of nitrogens with zero attached hydrogens (tertiary/aromatic N) is 3. The van der Waals surface area contributed by atoms with Gasteiger partial charge in [-0.3, -0.25) is 9.59 Å². The molecule has 0 aliphatic carbocycles. The molecule has 7 heteroatoms. The first-order valence-electron chi connectivity index (χ1n) is 9.40. The summed E-state index contributed by atoms with van der Waals surface area (Å²) in [6.45, 7) is 1.57. The molecule has 2 amide bonds. The summed E-state index contributed by atoms with van der Waals surface area (Å²) in [5.41, 5.74) is 1.41. The average molecular weight is 381 g/mol. The second kappa shape index (κ2) is 6.39. The topological polar surface area (TPSA) is 53.1 Å². The minimum atomic E-state index is -0.507. The molecule has 144 valence electrons. The van der Waals surface area contributed by atoms with Crippen molar-refractivity contribution in [3.8, 4) is 5.75 Å². The summed E-state index contributed by atoms with van der Waals surface area (Å²) in [7, 11) is 1.61. The van der Waals surface area contributed by atoms with Crippen molar-refractivity contribution in [1.29, 1.82) is 0 Å². The zero-order valence-electron chi connectivity index (χ0n) is 15.4. The van der Waals surface area contributed by atoms with Crippen LogP contribution in [0.1, 0.15) is 18.0 Å². The fourth-order valence-corrected chi connectivity index (χ4v) is 4.76. The number of rotatable bonds is 3. The highest BCUT2D eigenvalue weighted by molar-refractivity contribution is 6.24. The minimum absolute atomic E-state index is 0.194. The molecule has 5 rings (SSSR count). The highest BCUT2D eigenvalue weighted by Crippen LogP contribution is 2.49. The van der Waals surface area contributed by atoms with E-state index in [0.717, 1.165) is 30.8 Å². The maximum atomic E-state index is 13.4. The zero-order chi connectivity index (χ0) is 19.4. The Bertz CT molecular complexity index is 931. The van der Waals surface area contributed by atoms with Crippen LogP contribution in [0.4, 0.5) is 10.1 Å². The molecule has 6 nitrogen and oxygen atoms in total. The molecule has 0 N–H and O–H groups in total. The van der Waals surface area contributed by atoms with Crippen LogP contribution in [-0.2, 0) is 9.59 Å². The standard InChI is InChI=1S/C21H20FN3O3/c1-28-16-9-3-13(4-10-16)18-17-19(24-12-2-11-23(18)24)21(27)25(20(17)26)15-7-5-14(22)6-8-15/h3-10,17-19H,2,11-12H2,1H3/t17-,18+,19+/m1/s1. The number of amides is 2. The Kier molecular flexibility index (Phi) is 3.96. The van der Waals surface area contributed by atoms with Gasteiger partial charge in [0.25, 0.3) is 5.91 Å². The first kappa shape index (κ1) is 17.3. The third kappa shape index (κ3) is 2.40. The van der Waals surface area contributed by atoms with Crippen molar-refractivity contribution in [1.82, 2.24) is 10.0 Å². The van der Waals surface area contributed by atoms with Gasteiger partial charge in [-0.05, 0) is 48.4 Å². The van der Waals surface area contributed by atoms with Gasteiger partial charge in [-0.25, -0.2) is 19.3 Å². The maximum absolute atomic E-state index is 13.4. The van der Waals surface area contributed by atoms with E-state index in [1.807, 2.05) is 29.3 Å². The smallest absolute Gasteiger partial charge is 0.253 e. The summed E-state index contributed by atoms with van der Waals surface area (Å²) in [4.78, 5) is 27.8. The predicted octanol–water partition coefficient (Wildman–Crippen LogP) is 2.37. The lowest BCUT2D eigenvalue weighted by Gasteiger charge is -2.29. The third-order valence-corrected chi connectivity index (χ3v) is 5.95. The zero-order valence-corrected chi connectivity index (χ0v) is 15.4. The van der Waals surface area contributed by atoms with E-state index in [1.165, 1.54) is 29.2 Å². The molecule has 3 aliphatic heterocycles. The Morgan fingerprint density at radius 1 is 0.893 bits per heavy atom. The summed E-state index contributed by atoms with van der Waals surface area (Å²) < 4.78 is 18.6. The number of carbonyl (C=O) groups excluding carboxylic acids is 2. The normalized spacial score (nSPS) is 27.4. The summed E-state index contributed by atoms with van der Waals surface area (Å²) >= 11 is 0. The third-order valence-electron chi connectivity index (χ3n) is 5.95. The monoisotopic (exact) mass is 381 g/mol. The number of ether oxygens (including phenoxy) is 1. The van der Waals surface area contributed by atoms with E-state index in [-0.39, 0.29) is 17.9 Å². The molecule has 28 heavy (non-hydrogen) atoms. The lowest BCUT2D eigenvalue weighted by Crippen LogP contribution is -2.44. The summed E-state index contributed by atoms with van der Waals surface area (Å²) in [5, 5.41) is 4.21. The van der Waals surface area contributed by atoms with E-state index in [4.69, 9.17) is 4.74 Å². The lowest BCUT2D eigenvalue weighted by molar-refractivity contribution is -0.126. The molecule has 0 bridgehead atoms. The second-order valence-corrected chi connectivity index (χ2v) is 7.36. The number of anilines is 1. The SMILES string of the molecule is COc1ccc([C@H]2[C@H]3C(=O)N(c4ccc(F)cc4)C(=O)[C@H]3N3CCCN23)cc1. The van der Waals surface area contributed by atoms with Gasteiger partial charge in [-0.15, -0.1) is 0 Å². The Hall–Kier alpha value is -2.77. The van der Waals surface area contributed by atoms with Crippen molar-refractivity contribution in [3.63, 3.8) is 0 Å². The van der Waals surface area contributed by atoms with Crippen LogP contribution in [0.5, 0.6) is 5.75 Å². The second-order valence-electron chi connectivity index (χ2n) is 7.36. The molecule has 0 unspecified atom stereocenters. The van der Waals surface area contributed by atoms with E-state index in [1.54, 1.807) is 7.11 Å². The quantitative estimate of drug-likeness (QED) is 0.764. The van der Waals surface area contributed by atoms with Gasteiger partial charge in [0, 0.05) is 13.1 Å². The van der Waals surface area contributed by atoms with E-state index in [0.29, 0.717) is 5.69 Å². The highest BCUT2D eigenvalue weighted by Gasteiger charge is 2.62. The molecule has 0 radical (unpaired) electrons. The summed E-state index contributed by atoms with van der Waals surface area (Å²) in [5.74, 6) is -0.587. The first-order chi connectivity index (χ1) is 13.6. The van der Waals surface area contributed by atoms with Gasteiger partial charge in [0.2, 0.25) is 5.91 Å². The number of hydrogen-bond donors (Lipinski definition) is 0. The molecular weight excluding hydrogens is 361 g/mol. The molecule has 0 saturated carbocycles. The van der Waals surface area contributed by atoms with Gasteiger partial charge >= 0.3 is 0 Å².